The van der Waals surface area contributed by atoms with Crippen LogP contribution in [-0.4, -0.2) is 12.1 Å². The Kier molecular flexibility index (Phi) is 4.29. The molecule has 0 rings (SSSR count). The van der Waals surface area contributed by atoms with Gasteiger partial charge in [0.2, 0.25) is 0 Å². The van der Waals surface area contributed by atoms with E-state index in [2.05, 4.69) is 22.6 Å². The Labute approximate surface area is 66.4 Å². The summed E-state index contributed by atoms with van der Waals surface area (Å²) in [4.78, 5) is 14.5. The van der Waals surface area contributed by atoms with Crippen LogP contribution in [0.25, 0.3) is 0 Å². The van der Waals surface area contributed by atoms with Crippen molar-refractivity contribution in [2.24, 2.45) is 11.8 Å². The molecule has 0 bridgehead atoms. The van der Waals surface area contributed by atoms with Crippen molar-refractivity contribution in [2.75, 3.05) is 0 Å². The molecule has 0 heterocycles. The maximum Gasteiger partial charge on any atom is 0.426 e. The molecule has 0 fully saturated rings. The Morgan fingerprint density at radius 2 is 2.27 bits per heavy atom. The van der Waals surface area contributed by atoms with Crippen LogP contribution < -0.4 is 11.2 Å². The lowest BCUT2D eigenvalue weighted by molar-refractivity contribution is 0.143. The van der Waals surface area contributed by atoms with Crippen LogP contribution in [0, 0.1) is 5.92 Å². The van der Waals surface area contributed by atoms with Gasteiger partial charge in [0.1, 0.15) is 0 Å². The first kappa shape index (κ1) is 9.97. The van der Waals surface area contributed by atoms with E-state index >= 15 is 0 Å². The minimum atomic E-state index is -0.636. The predicted molar refractivity (Wildman–Crippen MR) is 42.6 cm³/mol. The fourth-order valence-electron chi connectivity index (χ4n) is 0.668. The topological polar surface area (TPSA) is 64.3 Å². The van der Waals surface area contributed by atoms with Crippen molar-refractivity contribution in [1.82, 2.24) is 5.32 Å². The summed E-state index contributed by atoms with van der Waals surface area (Å²) in [6.07, 6.45) is 1.00. The van der Waals surface area contributed by atoms with Gasteiger partial charge in [0.25, 0.3) is 0 Å². The van der Waals surface area contributed by atoms with Crippen molar-refractivity contribution < 1.29 is 9.63 Å². The van der Waals surface area contributed by atoms with Crippen LogP contribution in [-0.2, 0) is 4.84 Å². The molecule has 4 heteroatoms. The standard InChI is InChI=1S/C7H14N2O2/c1-4-6(5(2)3)9-7(10)11-8/h4-6H,1,8H2,2-3H3,(H,9,10). The van der Waals surface area contributed by atoms with Crippen LogP contribution in [0.3, 0.4) is 0 Å². The summed E-state index contributed by atoms with van der Waals surface area (Å²) in [5.74, 6) is 4.91. The number of carbonyl (C=O) groups is 1. The molecule has 0 aromatic rings. The van der Waals surface area contributed by atoms with Crippen LogP contribution in [0.5, 0.6) is 0 Å². The Morgan fingerprint density at radius 3 is 2.55 bits per heavy atom. The second-order valence-electron chi connectivity index (χ2n) is 2.56. The molecule has 0 aromatic carbocycles. The molecule has 4 nitrogen and oxygen atoms in total. The van der Waals surface area contributed by atoms with Gasteiger partial charge in [-0.1, -0.05) is 19.9 Å². The Morgan fingerprint density at radius 1 is 1.73 bits per heavy atom. The van der Waals surface area contributed by atoms with Crippen molar-refractivity contribution in [2.45, 2.75) is 19.9 Å². The molecule has 0 spiro atoms. The number of hydrogen-bond acceptors (Lipinski definition) is 3. The van der Waals surface area contributed by atoms with Crippen LogP contribution >= 0.6 is 0 Å². The second kappa shape index (κ2) is 4.73. The largest absolute Gasteiger partial charge is 0.426 e. The average molecular weight is 158 g/mol. The van der Waals surface area contributed by atoms with Gasteiger partial charge in [0.05, 0.1) is 6.04 Å². The molecule has 0 aromatic heterocycles. The predicted octanol–water partition coefficient (Wildman–Crippen LogP) is 0.797. The van der Waals surface area contributed by atoms with Gasteiger partial charge in [0.15, 0.2) is 0 Å². The van der Waals surface area contributed by atoms with Gasteiger partial charge >= 0.3 is 6.09 Å². The highest BCUT2D eigenvalue weighted by molar-refractivity contribution is 5.67. The molecule has 1 unspecified atom stereocenters. The van der Waals surface area contributed by atoms with Gasteiger partial charge in [-0.25, -0.2) is 4.79 Å². The Balaban J connectivity index is 3.87. The molecule has 0 radical (unpaired) electrons. The summed E-state index contributed by atoms with van der Waals surface area (Å²) in [5.41, 5.74) is 0. The summed E-state index contributed by atoms with van der Waals surface area (Å²) in [6.45, 7) is 7.48. The zero-order valence-corrected chi connectivity index (χ0v) is 6.83. The highest BCUT2D eigenvalue weighted by Gasteiger charge is 2.11. The second-order valence-corrected chi connectivity index (χ2v) is 2.56. The smallest absolute Gasteiger partial charge is 0.357 e. The fourth-order valence-corrected chi connectivity index (χ4v) is 0.668. The highest BCUT2D eigenvalue weighted by Crippen LogP contribution is 2.01. The lowest BCUT2D eigenvalue weighted by Gasteiger charge is -2.16. The normalized spacial score (nSPS) is 12.4. The minimum absolute atomic E-state index is 0.0916. The molecule has 0 aliphatic heterocycles. The summed E-state index contributed by atoms with van der Waals surface area (Å²) < 4.78 is 0. The Bertz CT molecular complexity index is 145. The molecular weight excluding hydrogens is 144 g/mol. The fraction of sp³-hybridized carbons (Fsp3) is 0.571. The zero-order valence-electron chi connectivity index (χ0n) is 6.83. The van der Waals surface area contributed by atoms with E-state index in [1.807, 2.05) is 13.8 Å². The number of rotatable bonds is 3. The summed E-state index contributed by atoms with van der Waals surface area (Å²) in [7, 11) is 0. The molecule has 3 N–H and O–H groups in total. The van der Waals surface area contributed by atoms with Crippen molar-refractivity contribution in [3.63, 3.8) is 0 Å². The van der Waals surface area contributed by atoms with Crippen LogP contribution in [0.2, 0.25) is 0 Å². The quantitative estimate of drug-likeness (QED) is 0.471. The van der Waals surface area contributed by atoms with Gasteiger partial charge in [-0.15, -0.1) is 6.58 Å². The van der Waals surface area contributed by atoms with Gasteiger partial charge in [0, 0.05) is 0 Å². The lowest BCUT2D eigenvalue weighted by atomic mass is 10.1. The zero-order chi connectivity index (χ0) is 8.85. The van der Waals surface area contributed by atoms with E-state index in [1.165, 1.54) is 0 Å². The number of nitrogens with one attached hydrogen (secondary N) is 1. The first-order chi connectivity index (χ1) is 5.11. The lowest BCUT2D eigenvalue weighted by Crippen LogP contribution is -2.38. The van der Waals surface area contributed by atoms with E-state index in [1.54, 1.807) is 6.08 Å². The molecule has 11 heavy (non-hydrogen) atoms. The maximum atomic E-state index is 10.6. The molecular formula is C7H14N2O2. The highest BCUT2D eigenvalue weighted by atomic mass is 16.7. The number of nitrogens with two attached hydrogens (primary N) is 1. The molecule has 0 aliphatic carbocycles. The first-order valence-electron chi connectivity index (χ1n) is 3.41. The van der Waals surface area contributed by atoms with Gasteiger partial charge in [-0.2, -0.15) is 5.90 Å². The van der Waals surface area contributed by atoms with Crippen molar-refractivity contribution >= 4 is 6.09 Å². The monoisotopic (exact) mass is 158 g/mol. The van der Waals surface area contributed by atoms with Crippen molar-refractivity contribution in [3.8, 4) is 0 Å². The van der Waals surface area contributed by atoms with E-state index in [-0.39, 0.29) is 12.0 Å². The molecule has 0 aliphatic rings. The molecule has 64 valence electrons. The van der Waals surface area contributed by atoms with Crippen LogP contribution in [0.1, 0.15) is 13.8 Å². The summed E-state index contributed by atoms with van der Waals surface area (Å²) in [6, 6.07) is -0.0916. The van der Waals surface area contributed by atoms with E-state index < -0.39 is 6.09 Å². The third-order valence-electron chi connectivity index (χ3n) is 1.36. The van der Waals surface area contributed by atoms with Crippen molar-refractivity contribution in [3.05, 3.63) is 12.7 Å². The van der Waals surface area contributed by atoms with E-state index in [0.29, 0.717) is 0 Å². The van der Waals surface area contributed by atoms with Gasteiger partial charge in [-0.3, -0.25) is 0 Å². The first-order valence-corrected chi connectivity index (χ1v) is 3.41. The average Bonchev–Trinajstić information content (AvgIpc) is 1.99. The third kappa shape index (κ3) is 3.62. The van der Waals surface area contributed by atoms with E-state index in [9.17, 15) is 4.79 Å². The third-order valence-corrected chi connectivity index (χ3v) is 1.36. The molecule has 0 saturated heterocycles. The van der Waals surface area contributed by atoms with Crippen LogP contribution in [0.4, 0.5) is 4.79 Å². The van der Waals surface area contributed by atoms with Gasteiger partial charge in [-0.05, 0) is 5.92 Å². The number of amides is 1. The number of carbonyl (C=O) groups excluding carboxylic acids is 1. The van der Waals surface area contributed by atoms with E-state index in [0.717, 1.165) is 0 Å². The van der Waals surface area contributed by atoms with E-state index in [4.69, 9.17) is 0 Å². The maximum absolute atomic E-state index is 10.6. The molecule has 1 amide bonds. The number of hydrogen-bond donors (Lipinski definition) is 2. The SMILES string of the molecule is C=CC(NC(=O)ON)C(C)C. The molecule has 0 saturated carbocycles. The summed E-state index contributed by atoms with van der Waals surface area (Å²) in [5, 5.41) is 2.51. The molecule has 1 atom stereocenters. The van der Waals surface area contributed by atoms with Crippen molar-refractivity contribution in [1.29, 1.82) is 0 Å². The Hall–Kier alpha value is -1.03. The van der Waals surface area contributed by atoms with Gasteiger partial charge < -0.3 is 10.2 Å². The minimum Gasteiger partial charge on any atom is -0.357 e. The van der Waals surface area contributed by atoms with Crippen LogP contribution in [0.15, 0.2) is 12.7 Å². The summed E-state index contributed by atoms with van der Waals surface area (Å²) >= 11 is 0.